The van der Waals surface area contributed by atoms with Crippen LogP contribution in [0.15, 0.2) is 92.0 Å². The van der Waals surface area contributed by atoms with Crippen molar-refractivity contribution in [3.63, 3.8) is 0 Å². The van der Waals surface area contributed by atoms with Crippen molar-refractivity contribution in [1.82, 2.24) is 0 Å². The molecule has 2 N–H and O–H groups in total. The molecule has 0 heterocycles. The highest BCUT2D eigenvalue weighted by molar-refractivity contribution is 5.92. The number of rotatable bonds is 56. The van der Waals surface area contributed by atoms with Crippen molar-refractivity contribution in [3.05, 3.63) is 109 Å². The third kappa shape index (κ3) is 46.9. The number of aliphatic hydroxyl groups is 1. The highest BCUT2D eigenvalue weighted by Crippen LogP contribution is 2.60. The van der Waals surface area contributed by atoms with Crippen molar-refractivity contribution in [1.29, 1.82) is 0 Å². The van der Waals surface area contributed by atoms with Gasteiger partial charge in [-0.1, -0.05) is 93.8 Å². The van der Waals surface area contributed by atoms with Crippen molar-refractivity contribution in [2.45, 2.75) is 213 Å². The van der Waals surface area contributed by atoms with Gasteiger partial charge in [-0.2, -0.15) is 57.1 Å². The number of aliphatic hydroxyl groups excluding tert-OH is 1. The molecule has 122 heavy (non-hydrogen) atoms. The summed E-state index contributed by atoms with van der Waals surface area (Å²) in [5, 5.41) is 18.0. The van der Waals surface area contributed by atoms with Crippen LogP contribution in [-0.2, 0) is 76.1 Å². The van der Waals surface area contributed by atoms with Crippen LogP contribution in [0.1, 0.15) is 197 Å². The minimum atomic E-state index is -8.07. The van der Waals surface area contributed by atoms with Gasteiger partial charge in [0.1, 0.15) is 23.0 Å². The van der Waals surface area contributed by atoms with Gasteiger partial charge in [0.2, 0.25) is 0 Å². The maximum Gasteiger partial charge on any atom is 0.513 e. The number of aryl methyl sites for hydroxylation is 1. The predicted molar refractivity (Wildman–Crippen MR) is 429 cm³/mol. The number of aliphatic carboxylic acids is 1. The second kappa shape index (κ2) is 67.3. The van der Waals surface area contributed by atoms with Crippen LogP contribution in [0.25, 0.3) is 0 Å². The largest absolute Gasteiger partial charge is 0.513 e. The fourth-order valence-electron chi connectivity index (χ4n) is 9.00. The van der Waals surface area contributed by atoms with Gasteiger partial charge in [0.05, 0.1) is 74.9 Å². The summed E-state index contributed by atoms with van der Waals surface area (Å²) in [6.45, 7) is 13.7. The fourth-order valence-corrected chi connectivity index (χ4v) is 9.00. The molecule has 39 heteroatoms. The molecule has 3 aromatic carbocycles. The molecule has 26 nitrogen and oxygen atoms in total. The molecule has 3 rings (SSSR count). The zero-order valence-corrected chi connectivity index (χ0v) is 62.2. The normalized spacial score (nSPS) is 11.7. The van der Waals surface area contributed by atoms with Gasteiger partial charge in [-0.25, -0.2) is 28.8 Å². The topological polar surface area (TPSA) is 333 Å². The van der Waals surface area contributed by atoms with E-state index in [0.717, 1.165) is 25.0 Å². The molecule has 0 saturated carbocycles. The van der Waals surface area contributed by atoms with Gasteiger partial charge in [-0.15, -0.1) is 0 Å². The van der Waals surface area contributed by atoms with E-state index in [1.807, 2.05) is 0 Å². The number of halogens is 13. The SMILES string of the molecule is C.C.C.C.C.C.C.C.C.C=CC(=O)OCCCCOC(=O)Oc1ccc(C(=O)Oc2ccc(OC(=O)c3ccc(OC(=O)OCCCCOC(=O)C=C)cc3)c(C)c2)cc1.CCC(CC(CC(C)C(=O)O)C(=O)OCCCOCCCOCCCOCCCOCCCOCCCO)C(=O)OCCC(F)(F)C(F)(F)C(F)(F)C(F)(F)C(F)(F)C(F)(F)F. The lowest BCUT2D eigenvalue weighted by Gasteiger charge is -2.39. The van der Waals surface area contributed by atoms with Gasteiger partial charge in [0.15, 0.2) is 0 Å². The van der Waals surface area contributed by atoms with Crippen LogP contribution in [-0.4, -0.2) is 212 Å². The maximum absolute atomic E-state index is 14.1. The first-order chi connectivity index (χ1) is 53.3. The number of ether oxygens (including phenoxy) is 15. The Morgan fingerprint density at radius 2 is 0.730 bits per heavy atom. The Kier molecular flexibility index (Phi) is 70.9. The van der Waals surface area contributed by atoms with E-state index >= 15 is 0 Å². The highest BCUT2D eigenvalue weighted by atomic mass is 19.4. The maximum atomic E-state index is 14.1. The smallest absolute Gasteiger partial charge is 0.481 e. The lowest BCUT2D eigenvalue weighted by molar-refractivity contribution is -0.440. The third-order valence-electron chi connectivity index (χ3n) is 15.4. The number of carbonyl (C=O) groups excluding carboxylic acids is 8. The molecular formula is C83H129F13O26. The molecule has 0 radical (unpaired) electrons. The molecule has 0 fully saturated rings. The minimum Gasteiger partial charge on any atom is -0.481 e. The zero-order valence-electron chi connectivity index (χ0n) is 62.2. The van der Waals surface area contributed by atoms with Crippen molar-refractivity contribution >= 4 is 54.1 Å². The highest BCUT2D eigenvalue weighted by Gasteiger charge is 2.90. The quantitative estimate of drug-likeness (QED) is 0.0101. The summed E-state index contributed by atoms with van der Waals surface area (Å²) in [6.07, 6.45) is -5.91. The number of hydrogen-bond donors (Lipinski definition) is 2. The van der Waals surface area contributed by atoms with Gasteiger partial charge >= 0.3 is 89.9 Å². The molecule has 0 spiro atoms. The number of unbranched alkanes of at least 4 members (excludes halogenated alkanes) is 2. The van der Waals surface area contributed by atoms with Gasteiger partial charge in [-0.3, -0.25) is 14.4 Å². The molecule has 3 atom stereocenters. The van der Waals surface area contributed by atoms with Crippen molar-refractivity contribution in [2.24, 2.45) is 17.8 Å². The Balaban J connectivity index is -0.000000335. The molecule has 708 valence electrons. The summed E-state index contributed by atoms with van der Waals surface area (Å²) in [4.78, 5) is 108. The second-order valence-corrected chi connectivity index (χ2v) is 24.3. The van der Waals surface area contributed by atoms with E-state index in [1.54, 1.807) is 6.92 Å². The van der Waals surface area contributed by atoms with Crippen LogP contribution in [0, 0.1) is 24.7 Å². The molecule has 0 aromatic heterocycles. The van der Waals surface area contributed by atoms with Crippen LogP contribution in [0.4, 0.5) is 66.7 Å². The van der Waals surface area contributed by atoms with Gasteiger partial charge in [0, 0.05) is 91.2 Å². The number of carbonyl (C=O) groups is 9. The molecule has 0 aliphatic carbocycles. The summed E-state index contributed by atoms with van der Waals surface area (Å²) in [5.74, 6) is -47.6. The third-order valence-corrected chi connectivity index (χ3v) is 15.4. The second-order valence-electron chi connectivity index (χ2n) is 24.3. The van der Waals surface area contributed by atoms with E-state index in [2.05, 4.69) is 17.9 Å². The van der Waals surface area contributed by atoms with Crippen LogP contribution in [0.3, 0.4) is 0 Å². The number of alkyl halides is 13. The van der Waals surface area contributed by atoms with E-state index in [-0.39, 0.29) is 160 Å². The van der Waals surface area contributed by atoms with E-state index < -0.39 is 134 Å². The average Bonchev–Trinajstić information content (AvgIpc) is 0.711. The van der Waals surface area contributed by atoms with Crippen LogP contribution >= 0.6 is 0 Å². The molecule has 0 aliphatic rings. The number of esters is 6. The van der Waals surface area contributed by atoms with Crippen molar-refractivity contribution in [3.8, 4) is 23.0 Å². The van der Waals surface area contributed by atoms with Crippen LogP contribution < -0.4 is 18.9 Å². The van der Waals surface area contributed by atoms with Crippen LogP contribution in [0.2, 0.25) is 0 Å². The van der Waals surface area contributed by atoms with Gasteiger partial charge in [0.25, 0.3) is 0 Å². The number of carboxylic acids is 1. The van der Waals surface area contributed by atoms with E-state index in [1.165, 1.54) is 80.6 Å². The Morgan fingerprint density at radius 1 is 0.393 bits per heavy atom. The summed E-state index contributed by atoms with van der Waals surface area (Å²) in [6, 6.07) is 15.7. The standard InChI is InChI=1S/C37H57F13O12.C37H36O14.9CH4/c1-3-27(30(54)62-23-10-32(38,39)33(40,41)34(42,43)35(44,45)36(46,47)37(48,49)50)25-28(24-26(2)29(52)53)31(55)61-22-9-21-60-20-8-19-59-18-7-17-58-16-6-15-57-14-5-13-56-12-4-11-51;1-4-32(38)44-20-6-8-22-46-36(42)49-28-14-10-26(11-15-28)34(40)48-30-18-19-31(25(3)24-30)51-35(41)27-12-16-29(17-13-27)50-37(43)47-23-9-7-21-45-33(39)5-2;;;;;;;;;/h26-28,51H,3-25H2,1-2H3,(H,52,53);4-5,10-19,24H,1-2,6-9,20-23H2,3H3;9*1H4. The van der Waals surface area contributed by atoms with Gasteiger partial charge in [-0.05, 0) is 156 Å². The van der Waals surface area contributed by atoms with Gasteiger partial charge < -0.3 is 81.3 Å². The Morgan fingerprint density at radius 3 is 1.09 bits per heavy atom. The zero-order chi connectivity index (χ0) is 84.7. The summed E-state index contributed by atoms with van der Waals surface area (Å²) >= 11 is 0. The van der Waals surface area contributed by atoms with Crippen LogP contribution in [0.5, 0.6) is 23.0 Å². The fraction of sp³-hybridized carbons (Fsp3) is 0.627. The molecule has 3 unspecified atom stereocenters. The molecule has 0 aliphatic heterocycles. The minimum absolute atomic E-state index is 0. The number of benzene rings is 3. The first-order valence-electron chi connectivity index (χ1n) is 35.4. The Labute approximate surface area is 708 Å². The molecule has 3 aromatic rings. The Hall–Kier alpha value is -9.18. The van der Waals surface area contributed by atoms with Crippen molar-refractivity contribution < 1.29 is 181 Å². The van der Waals surface area contributed by atoms with Crippen molar-refractivity contribution in [2.75, 3.05) is 112 Å². The monoisotopic (exact) mass is 1790 g/mol. The number of hydrogen-bond acceptors (Lipinski definition) is 25. The first-order valence-corrected chi connectivity index (χ1v) is 35.4. The Bertz CT molecular complexity index is 3400. The number of carboxylic acid groups (broad SMARTS) is 1. The summed E-state index contributed by atoms with van der Waals surface area (Å²) in [7, 11) is 0. The molecular weight excluding hydrogens is 1660 g/mol. The van der Waals surface area contributed by atoms with E-state index in [4.69, 9.17) is 71.4 Å². The summed E-state index contributed by atoms with van der Waals surface area (Å²) < 4.78 is 251. The summed E-state index contributed by atoms with van der Waals surface area (Å²) in [5.41, 5.74) is 0.877. The lowest BCUT2D eigenvalue weighted by Crippen LogP contribution is -2.70. The first kappa shape index (κ1) is 128. The molecule has 0 saturated heterocycles. The molecule has 0 amide bonds. The van der Waals surface area contributed by atoms with E-state index in [9.17, 15) is 105 Å². The lowest BCUT2D eigenvalue weighted by atomic mass is 9.86. The molecule has 0 bridgehead atoms. The average molecular weight is 1790 g/mol. The van der Waals surface area contributed by atoms with E-state index in [0.29, 0.717) is 110 Å². The predicted octanol–water partition coefficient (Wildman–Crippen LogP) is 20.0.